The highest BCUT2D eigenvalue weighted by Gasteiger charge is 2.08. The fourth-order valence-electron chi connectivity index (χ4n) is 1.77. The van der Waals surface area contributed by atoms with E-state index in [-0.39, 0.29) is 17.7 Å². The third-order valence-electron chi connectivity index (χ3n) is 3.01. The first-order valence-electron chi connectivity index (χ1n) is 6.86. The number of carbonyl (C=O) groups excluding carboxylic acids is 2. The first-order valence-corrected chi connectivity index (χ1v) is 6.86. The van der Waals surface area contributed by atoms with Crippen LogP contribution in [0.5, 0.6) is 5.75 Å². The molecule has 0 unspecified atom stereocenters. The lowest BCUT2D eigenvalue weighted by molar-refractivity contribution is -0.140. The lowest BCUT2D eigenvalue weighted by atomic mass is 10.2. The number of esters is 1. The van der Waals surface area contributed by atoms with Gasteiger partial charge in [-0.1, -0.05) is 12.1 Å². The molecule has 21 heavy (non-hydrogen) atoms. The molecule has 2 amide bonds. The molecule has 0 aliphatic rings. The minimum absolute atomic E-state index is 0.166. The third-order valence-corrected chi connectivity index (χ3v) is 3.01. The summed E-state index contributed by atoms with van der Waals surface area (Å²) in [5.74, 6) is -0.0257. The van der Waals surface area contributed by atoms with Crippen molar-refractivity contribution in [3.8, 4) is 5.75 Å². The van der Waals surface area contributed by atoms with Crippen molar-refractivity contribution in [1.82, 2.24) is 10.2 Å². The third kappa shape index (κ3) is 6.65. The van der Waals surface area contributed by atoms with Crippen molar-refractivity contribution in [2.45, 2.75) is 25.8 Å². The number of rotatable bonds is 7. The van der Waals surface area contributed by atoms with Crippen LogP contribution >= 0.6 is 0 Å². The Labute approximate surface area is 124 Å². The summed E-state index contributed by atoms with van der Waals surface area (Å²) in [5.41, 5.74) is 0.941. The SMILES string of the molecule is COC(=O)CCCCNC(=O)N(C)Cc1ccc(O)cc1. The number of amides is 2. The van der Waals surface area contributed by atoms with Crippen molar-refractivity contribution in [3.05, 3.63) is 29.8 Å². The number of phenolic OH excluding ortho intramolecular Hbond substituents is 1. The average Bonchev–Trinajstić information content (AvgIpc) is 2.48. The van der Waals surface area contributed by atoms with E-state index in [1.165, 1.54) is 7.11 Å². The van der Waals surface area contributed by atoms with E-state index in [0.717, 1.165) is 12.0 Å². The number of carbonyl (C=O) groups is 2. The molecular weight excluding hydrogens is 272 g/mol. The number of ether oxygens (including phenoxy) is 1. The predicted octanol–water partition coefficient (Wildman–Crippen LogP) is 1.88. The maximum Gasteiger partial charge on any atom is 0.317 e. The zero-order chi connectivity index (χ0) is 15.7. The van der Waals surface area contributed by atoms with Gasteiger partial charge in [-0.05, 0) is 30.5 Å². The molecule has 6 nitrogen and oxygen atoms in total. The molecule has 0 saturated heterocycles. The van der Waals surface area contributed by atoms with Gasteiger partial charge in [-0.3, -0.25) is 4.79 Å². The van der Waals surface area contributed by atoms with Gasteiger partial charge in [0.05, 0.1) is 7.11 Å². The van der Waals surface area contributed by atoms with E-state index in [1.54, 1.807) is 36.2 Å². The van der Waals surface area contributed by atoms with Crippen molar-refractivity contribution in [2.24, 2.45) is 0 Å². The Morgan fingerprint density at radius 3 is 2.52 bits per heavy atom. The summed E-state index contributed by atoms with van der Waals surface area (Å²) in [6, 6.07) is 6.56. The molecule has 6 heteroatoms. The van der Waals surface area contributed by atoms with E-state index in [4.69, 9.17) is 0 Å². The fourth-order valence-corrected chi connectivity index (χ4v) is 1.77. The molecule has 0 heterocycles. The second-order valence-electron chi connectivity index (χ2n) is 4.79. The van der Waals surface area contributed by atoms with Crippen LogP contribution in [-0.4, -0.2) is 42.7 Å². The van der Waals surface area contributed by atoms with Gasteiger partial charge in [0, 0.05) is 26.6 Å². The van der Waals surface area contributed by atoms with Crippen molar-refractivity contribution in [2.75, 3.05) is 20.7 Å². The predicted molar refractivity (Wildman–Crippen MR) is 78.8 cm³/mol. The maximum absolute atomic E-state index is 11.8. The molecule has 0 aromatic heterocycles. The van der Waals surface area contributed by atoms with Crippen molar-refractivity contribution in [3.63, 3.8) is 0 Å². The lowest BCUT2D eigenvalue weighted by Crippen LogP contribution is -2.37. The minimum atomic E-state index is -0.231. The summed E-state index contributed by atoms with van der Waals surface area (Å²) in [6.07, 6.45) is 1.79. The summed E-state index contributed by atoms with van der Waals surface area (Å²) >= 11 is 0. The molecule has 1 rings (SSSR count). The number of unbranched alkanes of at least 4 members (excludes halogenated alkanes) is 1. The molecule has 1 aromatic rings. The summed E-state index contributed by atoms with van der Waals surface area (Å²) in [5, 5.41) is 12.0. The quantitative estimate of drug-likeness (QED) is 0.594. The Balaban J connectivity index is 2.22. The lowest BCUT2D eigenvalue weighted by Gasteiger charge is -2.18. The van der Waals surface area contributed by atoms with E-state index in [9.17, 15) is 14.7 Å². The van der Waals surface area contributed by atoms with Crippen LogP contribution in [0.2, 0.25) is 0 Å². The summed E-state index contributed by atoms with van der Waals surface area (Å²) in [6.45, 7) is 0.990. The zero-order valence-corrected chi connectivity index (χ0v) is 12.5. The number of urea groups is 1. The summed E-state index contributed by atoms with van der Waals surface area (Å²) in [7, 11) is 3.07. The fraction of sp³-hybridized carbons (Fsp3) is 0.467. The largest absolute Gasteiger partial charge is 0.508 e. The van der Waals surface area contributed by atoms with E-state index in [2.05, 4.69) is 10.1 Å². The molecule has 0 aliphatic heterocycles. The van der Waals surface area contributed by atoms with E-state index in [1.807, 2.05) is 0 Å². The Hall–Kier alpha value is -2.24. The van der Waals surface area contributed by atoms with E-state index in [0.29, 0.717) is 25.9 Å². The Morgan fingerprint density at radius 2 is 1.90 bits per heavy atom. The van der Waals surface area contributed by atoms with Crippen LogP contribution in [0.25, 0.3) is 0 Å². The standard InChI is InChI=1S/C15H22N2O4/c1-17(11-12-6-8-13(18)9-7-12)15(20)16-10-4-3-5-14(19)21-2/h6-9,18H,3-5,10-11H2,1-2H3,(H,16,20). The number of nitrogens with one attached hydrogen (secondary N) is 1. The molecule has 1 aromatic carbocycles. The van der Waals surface area contributed by atoms with Gasteiger partial charge >= 0.3 is 12.0 Å². The van der Waals surface area contributed by atoms with Crippen LogP contribution in [0, 0.1) is 0 Å². The zero-order valence-electron chi connectivity index (χ0n) is 12.5. The average molecular weight is 294 g/mol. The molecule has 0 radical (unpaired) electrons. The van der Waals surface area contributed by atoms with Crippen molar-refractivity contribution in [1.29, 1.82) is 0 Å². The molecule has 0 fully saturated rings. The van der Waals surface area contributed by atoms with Crippen LogP contribution in [0.4, 0.5) is 4.79 Å². The van der Waals surface area contributed by atoms with E-state index < -0.39 is 0 Å². The highest BCUT2D eigenvalue weighted by Crippen LogP contribution is 2.11. The number of benzene rings is 1. The Kier molecular flexibility index (Phi) is 7.08. The van der Waals surface area contributed by atoms with Gasteiger partial charge in [0.15, 0.2) is 0 Å². The Bertz CT molecular complexity index is 459. The maximum atomic E-state index is 11.8. The minimum Gasteiger partial charge on any atom is -0.508 e. The molecule has 0 bridgehead atoms. The van der Waals surface area contributed by atoms with Crippen LogP contribution in [0.3, 0.4) is 0 Å². The monoisotopic (exact) mass is 294 g/mol. The van der Waals surface area contributed by atoms with Crippen LogP contribution in [-0.2, 0) is 16.1 Å². The van der Waals surface area contributed by atoms with Crippen LogP contribution in [0.15, 0.2) is 24.3 Å². The molecule has 0 spiro atoms. The van der Waals surface area contributed by atoms with Gasteiger partial charge < -0.3 is 20.1 Å². The normalized spacial score (nSPS) is 10.0. The second kappa shape index (κ2) is 8.84. The Morgan fingerprint density at radius 1 is 1.24 bits per heavy atom. The molecule has 0 aliphatic carbocycles. The van der Waals surface area contributed by atoms with Crippen LogP contribution in [0.1, 0.15) is 24.8 Å². The molecule has 2 N–H and O–H groups in total. The van der Waals surface area contributed by atoms with Gasteiger partial charge in [-0.25, -0.2) is 4.79 Å². The topological polar surface area (TPSA) is 78.9 Å². The smallest absolute Gasteiger partial charge is 0.317 e. The summed E-state index contributed by atoms with van der Waals surface area (Å²) < 4.78 is 4.54. The molecule has 0 atom stereocenters. The molecule has 0 saturated carbocycles. The number of methoxy groups -OCH3 is 1. The number of aromatic hydroxyl groups is 1. The highest BCUT2D eigenvalue weighted by atomic mass is 16.5. The van der Waals surface area contributed by atoms with Gasteiger partial charge in [-0.15, -0.1) is 0 Å². The van der Waals surface area contributed by atoms with Gasteiger partial charge in [0.25, 0.3) is 0 Å². The van der Waals surface area contributed by atoms with Gasteiger partial charge in [0.1, 0.15) is 5.75 Å². The number of phenols is 1. The van der Waals surface area contributed by atoms with E-state index >= 15 is 0 Å². The molecule has 116 valence electrons. The first kappa shape index (κ1) is 16.8. The number of hydrogen-bond donors (Lipinski definition) is 2. The van der Waals surface area contributed by atoms with Crippen LogP contribution < -0.4 is 5.32 Å². The molecular formula is C15H22N2O4. The number of hydrogen-bond acceptors (Lipinski definition) is 4. The number of nitrogens with zero attached hydrogens (tertiary/aromatic N) is 1. The van der Waals surface area contributed by atoms with Crippen molar-refractivity contribution < 1.29 is 19.4 Å². The highest BCUT2D eigenvalue weighted by molar-refractivity contribution is 5.73. The summed E-state index contributed by atoms with van der Waals surface area (Å²) in [4.78, 5) is 24.3. The van der Waals surface area contributed by atoms with Gasteiger partial charge in [0.2, 0.25) is 0 Å². The van der Waals surface area contributed by atoms with Gasteiger partial charge in [-0.2, -0.15) is 0 Å². The second-order valence-corrected chi connectivity index (χ2v) is 4.79. The first-order chi connectivity index (χ1) is 10.0. The van der Waals surface area contributed by atoms with Crippen molar-refractivity contribution >= 4 is 12.0 Å².